The molecule has 0 bridgehead atoms. The molecule has 8 aromatic carbocycles. The van der Waals surface area contributed by atoms with Gasteiger partial charge in [0.2, 0.25) is 0 Å². The van der Waals surface area contributed by atoms with E-state index in [4.69, 9.17) is 9.49 Å². The van der Waals surface area contributed by atoms with Crippen LogP contribution in [0.2, 0.25) is 0 Å². The fraction of sp³-hybridized carbons (Fsp3) is 0.0204. The van der Waals surface area contributed by atoms with Crippen molar-refractivity contribution in [3.8, 4) is 0 Å². The SMILES string of the molecule is c1ccc(P(=Nc2ccccc2Cc2ccccc2N=P(c2ccccc2)(c2ccccc2)c2ccccc2)(c2ccccc2)c2ccccc2)cc1. The first-order valence-electron chi connectivity index (χ1n) is 18.0. The fourth-order valence-corrected chi connectivity index (χ4v) is 14.3. The molecule has 0 fully saturated rings. The molecule has 256 valence electrons. The Morgan fingerprint density at radius 2 is 0.453 bits per heavy atom. The summed E-state index contributed by atoms with van der Waals surface area (Å²) >= 11 is 0. The third-order valence-electron chi connectivity index (χ3n) is 9.66. The zero-order chi connectivity index (χ0) is 35.8. The Labute approximate surface area is 313 Å². The lowest BCUT2D eigenvalue weighted by atomic mass is 10.0. The molecule has 0 aliphatic heterocycles. The van der Waals surface area contributed by atoms with Crippen molar-refractivity contribution in [1.29, 1.82) is 0 Å². The molecule has 8 rings (SSSR count). The second-order valence-corrected chi connectivity index (χ2v) is 19.0. The molecule has 8 aromatic rings. The van der Waals surface area contributed by atoms with Gasteiger partial charge >= 0.3 is 0 Å². The monoisotopic (exact) mass is 718 g/mol. The van der Waals surface area contributed by atoms with E-state index in [1.54, 1.807) is 0 Å². The molecule has 0 saturated carbocycles. The van der Waals surface area contributed by atoms with Crippen LogP contribution in [-0.4, -0.2) is 0 Å². The van der Waals surface area contributed by atoms with Gasteiger partial charge in [0, 0.05) is 38.2 Å². The van der Waals surface area contributed by atoms with Crippen molar-refractivity contribution in [2.24, 2.45) is 9.49 Å². The molecule has 0 amide bonds. The number of hydrogen-bond donors (Lipinski definition) is 0. The Kier molecular flexibility index (Phi) is 10.3. The molecule has 0 aliphatic rings. The number of benzene rings is 8. The molecule has 0 heterocycles. The third-order valence-corrected chi connectivity index (χ3v) is 17.0. The summed E-state index contributed by atoms with van der Waals surface area (Å²) in [5.41, 5.74) is 4.35. The topological polar surface area (TPSA) is 24.7 Å². The Hall–Kier alpha value is -5.78. The summed E-state index contributed by atoms with van der Waals surface area (Å²) in [6.07, 6.45) is 0.691. The van der Waals surface area contributed by atoms with Gasteiger partial charge in [0.25, 0.3) is 0 Å². The molecule has 0 atom stereocenters. The zero-order valence-corrected chi connectivity index (χ0v) is 31.2. The van der Waals surface area contributed by atoms with E-state index in [0.717, 1.165) is 11.4 Å². The maximum atomic E-state index is 5.93. The van der Waals surface area contributed by atoms with E-state index in [0.29, 0.717) is 6.42 Å². The summed E-state index contributed by atoms with van der Waals surface area (Å²) in [6.45, 7) is 0. The van der Waals surface area contributed by atoms with Crippen molar-refractivity contribution in [3.05, 3.63) is 242 Å². The third kappa shape index (κ3) is 6.93. The van der Waals surface area contributed by atoms with E-state index in [2.05, 4.69) is 231 Å². The van der Waals surface area contributed by atoms with E-state index in [1.165, 1.54) is 43.0 Å². The van der Waals surface area contributed by atoms with Crippen molar-refractivity contribution in [2.75, 3.05) is 0 Å². The van der Waals surface area contributed by atoms with Gasteiger partial charge in [-0.2, -0.15) is 0 Å². The van der Waals surface area contributed by atoms with Gasteiger partial charge in [0.15, 0.2) is 0 Å². The van der Waals surface area contributed by atoms with Gasteiger partial charge in [-0.25, -0.2) is 0 Å². The molecule has 0 aromatic heterocycles. The van der Waals surface area contributed by atoms with Crippen LogP contribution in [0.3, 0.4) is 0 Å². The second kappa shape index (κ2) is 15.9. The summed E-state index contributed by atoms with van der Waals surface area (Å²) in [5.74, 6) is 0. The van der Waals surface area contributed by atoms with Crippen LogP contribution < -0.4 is 31.8 Å². The first kappa shape index (κ1) is 34.3. The van der Waals surface area contributed by atoms with Crippen molar-refractivity contribution in [2.45, 2.75) is 6.42 Å². The predicted molar refractivity (Wildman–Crippen MR) is 230 cm³/mol. The van der Waals surface area contributed by atoms with Crippen LogP contribution in [0.4, 0.5) is 11.4 Å². The normalized spacial score (nSPS) is 11.5. The minimum absolute atomic E-state index is 0.691. The smallest absolute Gasteiger partial charge is 0.0660 e. The van der Waals surface area contributed by atoms with Crippen molar-refractivity contribution < 1.29 is 0 Å². The molecule has 4 heteroatoms. The summed E-state index contributed by atoms with van der Waals surface area (Å²) in [7, 11) is -4.93. The van der Waals surface area contributed by atoms with Crippen LogP contribution in [0.5, 0.6) is 0 Å². The van der Waals surface area contributed by atoms with Gasteiger partial charge < -0.3 is 0 Å². The first-order chi connectivity index (χ1) is 26.3. The Balaban J connectivity index is 1.36. The lowest BCUT2D eigenvalue weighted by Gasteiger charge is -2.28. The summed E-state index contributed by atoms with van der Waals surface area (Å²) in [4.78, 5) is 0. The van der Waals surface area contributed by atoms with Gasteiger partial charge in [0.05, 0.1) is 25.5 Å². The number of nitrogens with zero attached hydrogens (tertiary/aromatic N) is 2. The highest BCUT2D eigenvalue weighted by Crippen LogP contribution is 2.52. The predicted octanol–water partition coefficient (Wildman–Crippen LogP) is 10.9. The molecule has 0 unspecified atom stereocenters. The minimum Gasteiger partial charge on any atom is -0.254 e. The maximum absolute atomic E-state index is 5.93. The zero-order valence-electron chi connectivity index (χ0n) is 29.4. The maximum Gasteiger partial charge on any atom is 0.0660 e. The summed E-state index contributed by atoms with van der Waals surface area (Å²) < 4.78 is 11.9. The second-order valence-electron chi connectivity index (χ2n) is 12.9. The Bertz CT molecular complexity index is 2130. The molecular formula is C49H40N2P2. The Morgan fingerprint density at radius 3 is 0.698 bits per heavy atom. The Morgan fingerprint density at radius 1 is 0.245 bits per heavy atom. The average Bonchev–Trinajstić information content (AvgIpc) is 3.25. The lowest BCUT2D eigenvalue weighted by molar-refractivity contribution is 1.18. The highest BCUT2D eigenvalue weighted by atomic mass is 31.2. The molecule has 0 spiro atoms. The van der Waals surface area contributed by atoms with E-state index in [-0.39, 0.29) is 0 Å². The molecule has 0 radical (unpaired) electrons. The molecule has 0 aliphatic carbocycles. The molecule has 53 heavy (non-hydrogen) atoms. The van der Waals surface area contributed by atoms with E-state index < -0.39 is 14.1 Å². The van der Waals surface area contributed by atoms with Crippen molar-refractivity contribution in [1.82, 2.24) is 0 Å². The van der Waals surface area contributed by atoms with Crippen LogP contribution >= 0.6 is 14.1 Å². The van der Waals surface area contributed by atoms with E-state index in [9.17, 15) is 0 Å². The van der Waals surface area contributed by atoms with Gasteiger partial charge in [-0.3, -0.25) is 9.49 Å². The van der Waals surface area contributed by atoms with Crippen LogP contribution in [0.25, 0.3) is 0 Å². The molecule has 0 saturated heterocycles. The number of rotatable bonds is 10. The first-order valence-corrected chi connectivity index (χ1v) is 21.5. The van der Waals surface area contributed by atoms with Crippen molar-refractivity contribution >= 4 is 57.3 Å². The highest BCUT2D eigenvalue weighted by molar-refractivity contribution is 7.88. The summed E-state index contributed by atoms with van der Waals surface area (Å²) in [5, 5.41) is 7.37. The van der Waals surface area contributed by atoms with Gasteiger partial charge in [-0.05, 0) is 23.3 Å². The molecule has 2 nitrogen and oxygen atoms in total. The van der Waals surface area contributed by atoms with Gasteiger partial charge in [-0.1, -0.05) is 218 Å². The minimum atomic E-state index is -2.47. The van der Waals surface area contributed by atoms with Crippen molar-refractivity contribution in [3.63, 3.8) is 0 Å². The summed E-state index contributed by atoms with van der Waals surface area (Å²) in [6, 6.07) is 82.4. The van der Waals surface area contributed by atoms with Crippen LogP contribution in [-0.2, 0) is 6.42 Å². The standard InChI is InChI=1S/C49H40N2P2/c1-7-25-42(26-8-1)52(43-27-9-2-10-28-43,44-29-11-3-12-30-44)50-48-37-21-19-23-40(48)39-41-24-20-22-38-49(41)51-53(45-31-13-4-14-32-45,46-33-15-5-16-34-46)47-35-17-6-18-36-47/h1-38H,39H2. The average molecular weight is 719 g/mol. The highest BCUT2D eigenvalue weighted by Gasteiger charge is 2.29. The fourth-order valence-electron chi connectivity index (χ4n) is 7.15. The van der Waals surface area contributed by atoms with E-state index in [1.807, 2.05) is 0 Å². The van der Waals surface area contributed by atoms with Crippen LogP contribution in [0.15, 0.2) is 240 Å². The largest absolute Gasteiger partial charge is 0.254 e. The van der Waals surface area contributed by atoms with E-state index >= 15 is 0 Å². The van der Waals surface area contributed by atoms with Gasteiger partial charge in [0.1, 0.15) is 0 Å². The van der Waals surface area contributed by atoms with Crippen LogP contribution in [0.1, 0.15) is 11.1 Å². The number of hydrogen-bond acceptors (Lipinski definition) is 2. The van der Waals surface area contributed by atoms with Crippen LogP contribution in [0, 0.1) is 0 Å². The lowest BCUT2D eigenvalue weighted by Crippen LogP contribution is -2.25. The quantitative estimate of drug-likeness (QED) is 0.126. The molecular weight excluding hydrogens is 679 g/mol. The molecule has 0 N–H and O–H groups in total. The van der Waals surface area contributed by atoms with Gasteiger partial charge in [-0.15, -0.1) is 0 Å².